The summed E-state index contributed by atoms with van der Waals surface area (Å²) in [6, 6.07) is 8.43. The molecule has 0 aliphatic heterocycles. The molecule has 0 aliphatic carbocycles. The molecule has 0 bridgehead atoms. The summed E-state index contributed by atoms with van der Waals surface area (Å²) in [4.78, 5) is 7.79. The maximum atomic E-state index is 13.1. The van der Waals surface area contributed by atoms with Crippen LogP contribution in [0.2, 0.25) is 5.02 Å². The molecule has 1 heterocycles. The van der Waals surface area contributed by atoms with E-state index in [4.69, 9.17) is 11.6 Å². The molecule has 0 aliphatic rings. The molecule has 1 N–H and O–H groups in total. The number of benzene rings is 2. The number of fused-ring (bicyclic) bond motifs is 1. The Hall–Kier alpha value is -1.87. The Morgan fingerprint density at radius 3 is 2.68 bits per heavy atom. The fourth-order valence-corrected chi connectivity index (χ4v) is 2.54. The minimum atomic E-state index is -0.350. The van der Waals surface area contributed by atoms with Crippen molar-refractivity contribution in [2.45, 2.75) is 13.8 Å². The van der Waals surface area contributed by atoms with E-state index in [2.05, 4.69) is 16.0 Å². The number of halogens is 2. The van der Waals surface area contributed by atoms with Crippen LogP contribution in [0.15, 0.2) is 30.3 Å². The van der Waals surface area contributed by atoms with Crippen molar-refractivity contribution in [2.24, 2.45) is 0 Å². The smallest absolute Gasteiger partial charge is 0.140 e. The second-order valence-electron chi connectivity index (χ2n) is 4.69. The van der Waals surface area contributed by atoms with Crippen LogP contribution in [0.5, 0.6) is 0 Å². The van der Waals surface area contributed by atoms with E-state index in [9.17, 15) is 4.39 Å². The van der Waals surface area contributed by atoms with E-state index in [-0.39, 0.29) is 5.82 Å². The molecular weight excluding hydrogens is 263 g/mol. The third kappa shape index (κ3) is 2.10. The van der Waals surface area contributed by atoms with Crippen LogP contribution in [0.1, 0.15) is 11.1 Å². The number of hydrogen-bond acceptors (Lipinski definition) is 1. The largest absolute Gasteiger partial charge is 0.338 e. The molecule has 0 radical (unpaired) electrons. The fourth-order valence-electron chi connectivity index (χ4n) is 2.28. The third-order valence-corrected chi connectivity index (χ3v) is 3.42. The third-order valence-electron chi connectivity index (χ3n) is 3.11. The van der Waals surface area contributed by atoms with E-state index in [1.807, 2.05) is 19.9 Å². The number of aryl methyl sites for hydroxylation is 2. The number of hydrogen-bond donors (Lipinski definition) is 1. The predicted octanol–water partition coefficient (Wildman–Crippen LogP) is 4.64. The van der Waals surface area contributed by atoms with Crippen molar-refractivity contribution >= 4 is 22.6 Å². The molecule has 0 spiro atoms. The lowest BCUT2D eigenvalue weighted by molar-refractivity contribution is 0.628. The minimum absolute atomic E-state index is 0.350. The van der Waals surface area contributed by atoms with Crippen LogP contribution in [0.4, 0.5) is 4.39 Å². The summed E-state index contributed by atoms with van der Waals surface area (Å²) >= 11 is 6.06. The fraction of sp³-hybridized carbons (Fsp3) is 0.133. The van der Waals surface area contributed by atoms with Gasteiger partial charge in [-0.15, -0.1) is 0 Å². The molecule has 4 heteroatoms. The zero-order valence-corrected chi connectivity index (χ0v) is 11.3. The van der Waals surface area contributed by atoms with Crippen molar-refractivity contribution in [3.63, 3.8) is 0 Å². The molecule has 0 fully saturated rings. The van der Waals surface area contributed by atoms with Crippen LogP contribution >= 0.6 is 11.6 Å². The molecule has 2 nitrogen and oxygen atoms in total. The molecule has 0 unspecified atom stereocenters. The molecule has 3 rings (SSSR count). The Kier molecular flexibility index (Phi) is 2.79. The second kappa shape index (κ2) is 4.35. The highest BCUT2D eigenvalue weighted by molar-refractivity contribution is 6.33. The van der Waals surface area contributed by atoms with Crippen molar-refractivity contribution in [3.05, 3.63) is 52.3 Å². The van der Waals surface area contributed by atoms with Gasteiger partial charge in [-0.1, -0.05) is 17.7 Å². The van der Waals surface area contributed by atoms with Crippen molar-refractivity contribution < 1.29 is 4.39 Å². The zero-order chi connectivity index (χ0) is 13.6. The molecule has 2 aromatic carbocycles. The second-order valence-corrected chi connectivity index (χ2v) is 5.09. The average Bonchev–Trinajstić information content (AvgIpc) is 2.72. The molecule has 3 aromatic rings. The van der Waals surface area contributed by atoms with Gasteiger partial charge in [0, 0.05) is 5.56 Å². The highest BCUT2D eigenvalue weighted by Gasteiger charge is 2.11. The molecule has 0 saturated carbocycles. The summed E-state index contributed by atoms with van der Waals surface area (Å²) in [5, 5.41) is 0.355. The van der Waals surface area contributed by atoms with Gasteiger partial charge in [-0.2, -0.15) is 0 Å². The Balaban J connectivity index is 2.23. The maximum absolute atomic E-state index is 13.1. The normalized spacial score (nSPS) is 11.2. The van der Waals surface area contributed by atoms with Crippen LogP contribution in [0.25, 0.3) is 22.4 Å². The summed E-state index contributed by atoms with van der Waals surface area (Å²) in [6.07, 6.45) is 0. The van der Waals surface area contributed by atoms with Crippen LogP contribution < -0.4 is 0 Å². The number of rotatable bonds is 1. The van der Waals surface area contributed by atoms with Crippen LogP contribution in [0, 0.1) is 19.7 Å². The van der Waals surface area contributed by atoms with Gasteiger partial charge in [-0.25, -0.2) is 9.37 Å². The van der Waals surface area contributed by atoms with Gasteiger partial charge >= 0.3 is 0 Å². The first-order valence-corrected chi connectivity index (χ1v) is 6.35. The van der Waals surface area contributed by atoms with Gasteiger partial charge < -0.3 is 4.98 Å². The van der Waals surface area contributed by atoms with E-state index in [0.717, 1.165) is 16.6 Å². The van der Waals surface area contributed by atoms with E-state index < -0.39 is 0 Å². The maximum Gasteiger partial charge on any atom is 0.140 e. The number of imidazole rings is 1. The summed E-state index contributed by atoms with van der Waals surface area (Å²) in [5.74, 6) is 0.311. The number of H-pyrrole nitrogens is 1. The lowest BCUT2D eigenvalue weighted by atomic mass is 10.1. The highest BCUT2D eigenvalue weighted by atomic mass is 35.5. The highest BCUT2D eigenvalue weighted by Crippen LogP contribution is 2.29. The first kappa shape index (κ1) is 12.2. The number of nitrogens with zero attached hydrogens (tertiary/aromatic N) is 1. The Morgan fingerprint density at radius 1 is 1.16 bits per heavy atom. The predicted molar refractivity (Wildman–Crippen MR) is 76.0 cm³/mol. The first-order valence-electron chi connectivity index (χ1n) is 5.97. The van der Waals surface area contributed by atoms with Gasteiger partial charge in [0.05, 0.1) is 16.1 Å². The van der Waals surface area contributed by atoms with Gasteiger partial charge in [-0.05, 0) is 49.2 Å². The summed E-state index contributed by atoms with van der Waals surface area (Å²) < 4.78 is 13.1. The molecule has 0 atom stereocenters. The van der Waals surface area contributed by atoms with E-state index in [1.54, 1.807) is 6.07 Å². The molecule has 0 saturated heterocycles. The van der Waals surface area contributed by atoms with Crippen molar-refractivity contribution in [3.8, 4) is 11.4 Å². The lowest BCUT2D eigenvalue weighted by Crippen LogP contribution is -1.83. The first-order chi connectivity index (χ1) is 9.04. The monoisotopic (exact) mass is 274 g/mol. The minimum Gasteiger partial charge on any atom is -0.338 e. The van der Waals surface area contributed by atoms with Gasteiger partial charge in [-0.3, -0.25) is 0 Å². The molecular formula is C15H12ClFN2. The number of aromatic amines is 1. The quantitative estimate of drug-likeness (QED) is 0.688. The average molecular weight is 275 g/mol. The SMILES string of the molecule is Cc1cc(C)c2nc(-c3ccc(F)cc3Cl)[nH]c2c1. The Bertz CT molecular complexity index is 777. The Morgan fingerprint density at radius 2 is 1.95 bits per heavy atom. The van der Waals surface area contributed by atoms with Gasteiger partial charge in [0.15, 0.2) is 0 Å². The van der Waals surface area contributed by atoms with E-state index in [0.29, 0.717) is 16.4 Å². The lowest BCUT2D eigenvalue weighted by Gasteiger charge is -1.99. The molecule has 19 heavy (non-hydrogen) atoms. The summed E-state index contributed by atoms with van der Waals surface area (Å²) in [5.41, 5.74) is 4.87. The van der Waals surface area contributed by atoms with E-state index >= 15 is 0 Å². The topological polar surface area (TPSA) is 28.7 Å². The van der Waals surface area contributed by atoms with E-state index in [1.165, 1.54) is 17.7 Å². The van der Waals surface area contributed by atoms with Gasteiger partial charge in [0.25, 0.3) is 0 Å². The van der Waals surface area contributed by atoms with Crippen LogP contribution in [0.3, 0.4) is 0 Å². The van der Waals surface area contributed by atoms with Crippen molar-refractivity contribution in [2.75, 3.05) is 0 Å². The van der Waals surface area contributed by atoms with Gasteiger partial charge in [0.2, 0.25) is 0 Å². The zero-order valence-electron chi connectivity index (χ0n) is 10.6. The van der Waals surface area contributed by atoms with Crippen molar-refractivity contribution in [1.82, 2.24) is 9.97 Å². The van der Waals surface area contributed by atoms with Crippen molar-refractivity contribution in [1.29, 1.82) is 0 Å². The van der Waals surface area contributed by atoms with Crippen LogP contribution in [-0.4, -0.2) is 9.97 Å². The molecule has 1 aromatic heterocycles. The standard InChI is InChI=1S/C15H12ClFN2/c1-8-5-9(2)14-13(6-8)18-15(19-14)11-4-3-10(17)7-12(11)16/h3-7H,1-2H3,(H,18,19). The Labute approximate surface area is 115 Å². The van der Waals surface area contributed by atoms with Crippen LogP contribution in [-0.2, 0) is 0 Å². The number of aromatic nitrogens is 2. The molecule has 0 amide bonds. The summed E-state index contributed by atoms with van der Waals surface area (Å²) in [7, 11) is 0. The summed E-state index contributed by atoms with van der Waals surface area (Å²) in [6.45, 7) is 4.06. The molecule has 96 valence electrons. The number of nitrogens with one attached hydrogen (secondary N) is 1. The van der Waals surface area contributed by atoms with Gasteiger partial charge in [0.1, 0.15) is 11.6 Å².